The van der Waals surface area contributed by atoms with Crippen LogP contribution < -0.4 is 10.6 Å². The number of nitrogens with one attached hydrogen (secondary N) is 2. The van der Waals surface area contributed by atoms with Gasteiger partial charge >= 0.3 is 0 Å². The number of hydrogen-bond donors (Lipinski definition) is 2. The predicted molar refractivity (Wildman–Crippen MR) is 55.9 cm³/mol. The maximum atomic E-state index is 4.31. The minimum Gasteiger partial charge on any atom is -0.313 e. The van der Waals surface area contributed by atoms with Gasteiger partial charge in [-0.15, -0.1) is 0 Å². The Morgan fingerprint density at radius 2 is 2.64 bits per heavy atom. The van der Waals surface area contributed by atoms with Gasteiger partial charge in [0.2, 0.25) is 0 Å². The Morgan fingerprint density at radius 3 is 3.29 bits per heavy atom. The van der Waals surface area contributed by atoms with Crippen molar-refractivity contribution in [3.8, 4) is 0 Å². The SMILES string of the molecule is Cn1ccc(CNCC2CCCN2)n1. The van der Waals surface area contributed by atoms with E-state index in [4.69, 9.17) is 0 Å². The van der Waals surface area contributed by atoms with Crippen LogP contribution in [0, 0.1) is 0 Å². The summed E-state index contributed by atoms with van der Waals surface area (Å²) in [5.74, 6) is 0. The lowest BCUT2D eigenvalue weighted by molar-refractivity contribution is 0.530. The quantitative estimate of drug-likeness (QED) is 0.722. The van der Waals surface area contributed by atoms with Crippen molar-refractivity contribution in [3.63, 3.8) is 0 Å². The van der Waals surface area contributed by atoms with Gasteiger partial charge in [0.05, 0.1) is 5.69 Å². The Bertz CT molecular complexity index is 275. The van der Waals surface area contributed by atoms with Gasteiger partial charge in [-0.2, -0.15) is 5.10 Å². The molecule has 0 aliphatic carbocycles. The summed E-state index contributed by atoms with van der Waals surface area (Å²) < 4.78 is 1.84. The summed E-state index contributed by atoms with van der Waals surface area (Å²) in [6.45, 7) is 3.10. The molecule has 2 heterocycles. The maximum absolute atomic E-state index is 4.31. The summed E-state index contributed by atoms with van der Waals surface area (Å²) in [6.07, 6.45) is 4.59. The van der Waals surface area contributed by atoms with Crippen LogP contribution in [0.25, 0.3) is 0 Å². The molecule has 2 rings (SSSR count). The van der Waals surface area contributed by atoms with Crippen LogP contribution in [0.5, 0.6) is 0 Å². The number of aryl methyl sites for hydroxylation is 1. The predicted octanol–water partition coefficient (Wildman–Crippen LogP) is 0.262. The molecular weight excluding hydrogens is 176 g/mol. The Hall–Kier alpha value is -0.870. The van der Waals surface area contributed by atoms with Crippen molar-refractivity contribution in [2.24, 2.45) is 7.05 Å². The van der Waals surface area contributed by atoms with E-state index < -0.39 is 0 Å². The molecule has 0 radical (unpaired) electrons. The first-order chi connectivity index (χ1) is 6.84. The van der Waals surface area contributed by atoms with Gasteiger partial charge in [0.25, 0.3) is 0 Å². The highest BCUT2D eigenvalue weighted by atomic mass is 15.3. The molecule has 1 unspecified atom stereocenters. The zero-order valence-corrected chi connectivity index (χ0v) is 8.66. The molecule has 0 spiro atoms. The van der Waals surface area contributed by atoms with Crippen LogP contribution in [-0.2, 0) is 13.6 Å². The van der Waals surface area contributed by atoms with Crippen LogP contribution in [-0.4, -0.2) is 28.9 Å². The normalized spacial score (nSPS) is 21.6. The third-order valence-corrected chi connectivity index (χ3v) is 2.63. The molecular formula is C10H18N4. The first-order valence-corrected chi connectivity index (χ1v) is 5.27. The Morgan fingerprint density at radius 1 is 1.71 bits per heavy atom. The van der Waals surface area contributed by atoms with E-state index in [0.717, 1.165) is 18.8 Å². The summed E-state index contributed by atoms with van der Waals surface area (Å²) in [5.41, 5.74) is 1.12. The summed E-state index contributed by atoms with van der Waals surface area (Å²) in [5, 5.41) is 11.2. The molecule has 0 aromatic carbocycles. The van der Waals surface area contributed by atoms with Gasteiger partial charge in [0.1, 0.15) is 0 Å². The number of rotatable bonds is 4. The highest BCUT2D eigenvalue weighted by Crippen LogP contribution is 2.03. The largest absolute Gasteiger partial charge is 0.313 e. The highest BCUT2D eigenvalue weighted by molar-refractivity contribution is 4.98. The van der Waals surface area contributed by atoms with Crippen LogP contribution >= 0.6 is 0 Å². The van der Waals surface area contributed by atoms with Crippen LogP contribution in [0.15, 0.2) is 12.3 Å². The number of nitrogens with zero attached hydrogens (tertiary/aromatic N) is 2. The molecule has 4 heteroatoms. The lowest BCUT2D eigenvalue weighted by Crippen LogP contribution is -2.33. The van der Waals surface area contributed by atoms with Crippen LogP contribution in [0.2, 0.25) is 0 Å². The van der Waals surface area contributed by atoms with E-state index in [-0.39, 0.29) is 0 Å². The molecule has 1 aromatic heterocycles. The van der Waals surface area contributed by atoms with Gasteiger partial charge < -0.3 is 10.6 Å². The average molecular weight is 194 g/mol. The lowest BCUT2D eigenvalue weighted by atomic mass is 10.2. The highest BCUT2D eigenvalue weighted by Gasteiger charge is 2.12. The topological polar surface area (TPSA) is 41.9 Å². The summed E-state index contributed by atoms with van der Waals surface area (Å²) in [4.78, 5) is 0. The van der Waals surface area contributed by atoms with E-state index in [1.807, 2.05) is 17.9 Å². The van der Waals surface area contributed by atoms with Crippen LogP contribution in [0.4, 0.5) is 0 Å². The standard InChI is InChI=1S/C10H18N4/c1-14-6-4-10(13-14)8-11-7-9-3-2-5-12-9/h4,6,9,11-12H,2-3,5,7-8H2,1H3. The summed E-state index contributed by atoms with van der Waals surface area (Å²) in [6, 6.07) is 2.72. The zero-order valence-electron chi connectivity index (χ0n) is 8.66. The fourth-order valence-electron chi connectivity index (χ4n) is 1.86. The fourth-order valence-corrected chi connectivity index (χ4v) is 1.86. The van der Waals surface area contributed by atoms with Gasteiger partial charge in [0, 0.05) is 32.4 Å². The Kier molecular flexibility index (Phi) is 3.16. The molecule has 1 aromatic rings. The molecule has 0 bridgehead atoms. The van der Waals surface area contributed by atoms with Crippen molar-refractivity contribution in [2.45, 2.75) is 25.4 Å². The Labute approximate surface area is 84.7 Å². The molecule has 1 atom stereocenters. The van der Waals surface area contributed by atoms with Crippen molar-refractivity contribution in [1.82, 2.24) is 20.4 Å². The summed E-state index contributed by atoms with van der Waals surface area (Å²) in [7, 11) is 1.95. The lowest BCUT2D eigenvalue weighted by Gasteiger charge is -2.09. The second-order valence-electron chi connectivity index (χ2n) is 3.90. The molecule has 1 aliphatic heterocycles. The number of hydrogen-bond acceptors (Lipinski definition) is 3. The van der Waals surface area contributed by atoms with Crippen molar-refractivity contribution < 1.29 is 0 Å². The van der Waals surface area contributed by atoms with E-state index in [2.05, 4.69) is 21.8 Å². The molecule has 2 N–H and O–H groups in total. The van der Waals surface area contributed by atoms with Gasteiger partial charge in [-0.05, 0) is 25.5 Å². The van der Waals surface area contributed by atoms with E-state index in [1.165, 1.54) is 19.4 Å². The van der Waals surface area contributed by atoms with Crippen molar-refractivity contribution in [2.75, 3.05) is 13.1 Å². The zero-order chi connectivity index (χ0) is 9.80. The van der Waals surface area contributed by atoms with Crippen molar-refractivity contribution in [3.05, 3.63) is 18.0 Å². The monoisotopic (exact) mass is 194 g/mol. The molecule has 1 aliphatic rings. The second kappa shape index (κ2) is 4.57. The third kappa shape index (κ3) is 2.56. The maximum Gasteiger partial charge on any atom is 0.0762 e. The summed E-state index contributed by atoms with van der Waals surface area (Å²) >= 11 is 0. The van der Waals surface area contributed by atoms with E-state index in [1.54, 1.807) is 0 Å². The van der Waals surface area contributed by atoms with Crippen LogP contribution in [0.1, 0.15) is 18.5 Å². The minimum absolute atomic E-state index is 0.665. The Balaban J connectivity index is 1.67. The van der Waals surface area contributed by atoms with E-state index in [9.17, 15) is 0 Å². The molecule has 14 heavy (non-hydrogen) atoms. The van der Waals surface area contributed by atoms with Gasteiger partial charge in [0.15, 0.2) is 0 Å². The van der Waals surface area contributed by atoms with Crippen LogP contribution in [0.3, 0.4) is 0 Å². The van der Waals surface area contributed by atoms with Gasteiger partial charge in [-0.25, -0.2) is 0 Å². The minimum atomic E-state index is 0.665. The first-order valence-electron chi connectivity index (χ1n) is 5.27. The van der Waals surface area contributed by atoms with E-state index >= 15 is 0 Å². The molecule has 1 saturated heterocycles. The molecule has 0 saturated carbocycles. The fraction of sp³-hybridized carbons (Fsp3) is 0.700. The molecule has 0 amide bonds. The van der Waals surface area contributed by atoms with Gasteiger partial charge in [-0.1, -0.05) is 0 Å². The average Bonchev–Trinajstić information content (AvgIpc) is 2.77. The smallest absolute Gasteiger partial charge is 0.0762 e. The third-order valence-electron chi connectivity index (χ3n) is 2.63. The first kappa shape index (κ1) is 9.68. The van der Waals surface area contributed by atoms with E-state index in [0.29, 0.717) is 6.04 Å². The number of aromatic nitrogens is 2. The van der Waals surface area contributed by atoms with Gasteiger partial charge in [-0.3, -0.25) is 4.68 Å². The second-order valence-corrected chi connectivity index (χ2v) is 3.90. The molecule has 78 valence electrons. The van der Waals surface area contributed by atoms with Crippen molar-refractivity contribution >= 4 is 0 Å². The molecule has 4 nitrogen and oxygen atoms in total. The molecule has 1 fully saturated rings. The van der Waals surface area contributed by atoms with Crippen molar-refractivity contribution in [1.29, 1.82) is 0 Å².